The minimum atomic E-state index is -1.61. The first-order chi connectivity index (χ1) is 3.66. The number of rotatable bonds is 2. The van der Waals surface area contributed by atoms with E-state index < -0.39 is 6.29 Å². The fraction of sp³-hybridized carbons (Fsp3) is 0.500. The van der Waals surface area contributed by atoms with E-state index in [1.807, 2.05) is 0 Å². The standard InChI is InChI=1S/C4H9NO3/c5-2-3(6)1-4(7)8/h1,4,6-8H,2,5H2. The molecule has 0 heterocycles. The molecule has 0 radical (unpaired) electrons. The van der Waals surface area contributed by atoms with Crippen molar-refractivity contribution < 1.29 is 15.3 Å². The molecule has 0 unspecified atom stereocenters. The highest BCUT2D eigenvalue weighted by Gasteiger charge is 1.91. The van der Waals surface area contributed by atoms with Crippen LogP contribution in [-0.2, 0) is 0 Å². The topological polar surface area (TPSA) is 86.7 Å². The molecule has 0 amide bonds. The summed E-state index contributed by atoms with van der Waals surface area (Å²) < 4.78 is 0. The van der Waals surface area contributed by atoms with Crippen LogP contribution in [0.15, 0.2) is 11.8 Å². The van der Waals surface area contributed by atoms with Crippen LogP contribution < -0.4 is 5.73 Å². The zero-order valence-corrected chi connectivity index (χ0v) is 4.28. The Kier molecular flexibility index (Phi) is 3.18. The van der Waals surface area contributed by atoms with Crippen LogP contribution in [0.25, 0.3) is 0 Å². The first-order valence-electron chi connectivity index (χ1n) is 2.12. The molecule has 0 aromatic carbocycles. The van der Waals surface area contributed by atoms with Crippen molar-refractivity contribution in [2.75, 3.05) is 6.54 Å². The van der Waals surface area contributed by atoms with E-state index in [9.17, 15) is 0 Å². The van der Waals surface area contributed by atoms with Crippen LogP contribution >= 0.6 is 0 Å². The predicted octanol–water partition coefficient (Wildman–Crippen LogP) is -1.30. The summed E-state index contributed by atoms with van der Waals surface area (Å²) in [5, 5.41) is 24.7. The minimum Gasteiger partial charge on any atom is -0.511 e. The molecule has 0 fully saturated rings. The Morgan fingerprint density at radius 1 is 1.62 bits per heavy atom. The highest BCUT2D eigenvalue weighted by molar-refractivity contribution is 4.92. The van der Waals surface area contributed by atoms with Gasteiger partial charge in [-0.3, -0.25) is 0 Å². The molecule has 0 aliphatic heterocycles. The van der Waals surface area contributed by atoms with Crippen molar-refractivity contribution in [1.29, 1.82) is 0 Å². The Morgan fingerprint density at radius 2 is 2.12 bits per heavy atom. The van der Waals surface area contributed by atoms with Crippen molar-refractivity contribution >= 4 is 0 Å². The van der Waals surface area contributed by atoms with Gasteiger partial charge in [-0.05, 0) is 0 Å². The fourth-order valence-electron chi connectivity index (χ4n) is 0.240. The highest BCUT2D eigenvalue weighted by atomic mass is 16.5. The van der Waals surface area contributed by atoms with Gasteiger partial charge in [-0.1, -0.05) is 0 Å². The van der Waals surface area contributed by atoms with Crippen molar-refractivity contribution in [1.82, 2.24) is 0 Å². The van der Waals surface area contributed by atoms with Gasteiger partial charge in [0.2, 0.25) is 0 Å². The second kappa shape index (κ2) is 3.43. The van der Waals surface area contributed by atoms with Crippen molar-refractivity contribution in [3.8, 4) is 0 Å². The van der Waals surface area contributed by atoms with Crippen molar-refractivity contribution in [2.24, 2.45) is 5.73 Å². The molecule has 5 N–H and O–H groups in total. The van der Waals surface area contributed by atoms with Crippen molar-refractivity contribution in [3.05, 3.63) is 11.8 Å². The molecule has 0 aliphatic rings. The van der Waals surface area contributed by atoms with Crippen LogP contribution in [0.5, 0.6) is 0 Å². The zero-order chi connectivity index (χ0) is 6.57. The number of hydrogen-bond acceptors (Lipinski definition) is 4. The lowest BCUT2D eigenvalue weighted by atomic mass is 10.4. The van der Waals surface area contributed by atoms with Gasteiger partial charge >= 0.3 is 0 Å². The molecule has 0 rings (SSSR count). The smallest absolute Gasteiger partial charge is 0.174 e. The van der Waals surface area contributed by atoms with Gasteiger partial charge in [-0.25, -0.2) is 0 Å². The summed E-state index contributed by atoms with van der Waals surface area (Å²) >= 11 is 0. The summed E-state index contributed by atoms with van der Waals surface area (Å²) in [5.41, 5.74) is 4.88. The lowest BCUT2D eigenvalue weighted by Crippen LogP contribution is -2.07. The van der Waals surface area contributed by atoms with Gasteiger partial charge in [0.15, 0.2) is 6.29 Å². The fourth-order valence-corrected chi connectivity index (χ4v) is 0.240. The number of hydrogen-bond donors (Lipinski definition) is 4. The average Bonchev–Trinajstić information content (AvgIpc) is 1.65. The van der Waals surface area contributed by atoms with E-state index in [1.54, 1.807) is 0 Å². The molecule has 0 aromatic rings. The number of aliphatic hydroxyl groups excluding tert-OH is 2. The molecule has 0 spiro atoms. The third-order valence-electron chi connectivity index (χ3n) is 0.551. The van der Waals surface area contributed by atoms with Crippen LogP contribution in [0.4, 0.5) is 0 Å². The maximum absolute atomic E-state index is 8.44. The monoisotopic (exact) mass is 119 g/mol. The molecule has 4 heteroatoms. The maximum atomic E-state index is 8.44. The average molecular weight is 119 g/mol. The zero-order valence-electron chi connectivity index (χ0n) is 4.28. The largest absolute Gasteiger partial charge is 0.511 e. The molecule has 8 heavy (non-hydrogen) atoms. The maximum Gasteiger partial charge on any atom is 0.174 e. The van der Waals surface area contributed by atoms with Crippen molar-refractivity contribution in [3.63, 3.8) is 0 Å². The van der Waals surface area contributed by atoms with E-state index in [1.165, 1.54) is 0 Å². The van der Waals surface area contributed by atoms with Crippen LogP contribution in [0.3, 0.4) is 0 Å². The normalized spacial score (nSPS) is 12.8. The number of nitrogens with two attached hydrogens (primary N) is 1. The molecule has 0 saturated heterocycles. The molecule has 48 valence electrons. The SMILES string of the molecule is NCC(O)=CC(O)O. The van der Waals surface area contributed by atoms with Gasteiger partial charge in [-0.2, -0.15) is 0 Å². The third-order valence-corrected chi connectivity index (χ3v) is 0.551. The summed E-state index contributed by atoms with van der Waals surface area (Å²) in [6.45, 7) is -0.0718. The summed E-state index contributed by atoms with van der Waals surface area (Å²) in [4.78, 5) is 0. The summed E-state index contributed by atoms with van der Waals surface area (Å²) in [6, 6.07) is 0. The van der Waals surface area contributed by atoms with Crippen LogP contribution in [0, 0.1) is 0 Å². The lowest BCUT2D eigenvalue weighted by molar-refractivity contribution is -0.0000572. The van der Waals surface area contributed by atoms with E-state index in [2.05, 4.69) is 0 Å². The Morgan fingerprint density at radius 3 is 2.25 bits per heavy atom. The quantitative estimate of drug-likeness (QED) is 0.269. The van der Waals surface area contributed by atoms with Gasteiger partial charge in [0.1, 0.15) is 5.76 Å². The van der Waals surface area contributed by atoms with E-state index in [-0.39, 0.29) is 12.3 Å². The van der Waals surface area contributed by atoms with Crippen LogP contribution in [0.1, 0.15) is 0 Å². The minimum absolute atomic E-state index is 0.0718. The second-order valence-corrected chi connectivity index (χ2v) is 1.28. The molecule has 0 saturated carbocycles. The predicted molar refractivity (Wildman–Crippen MR) is 28.0 cm³/mol. The summed E-state index contributed by atoms with van der Waals surface area (Å²) in [7, 11) is 0. The van der Waals surface area contributed by atoms with Crippen LogP contribution in [0.2, 0.25) is 0 Å². The Hall–Kier alpha value is -0.580. The summed E-state index contributed by atoms with van der Waals surface area (Å²) in [5.74, 6) is -0.222. The van der Waals surface area contributed by atoms with E-state index >= 15 is 0 Å². The van der Waals surface area contributed by atoms with Gasteiger partial charge in [-0.15, -0.1) is 0 Å². The molecule has 0 atom stereocenters. The number of aliphatic hydroxyl groups is 3. The molecule has 0 aromatic heterocycles. The van der Waals surface area contributed by atoms with Gasteiger partial charge < -0.3 is 21.1 Å². The molecular formula is C4H9NO3. The molecule has 0 bridgehead atoms. The van der Waals surface area contributed by atoms with Gasteiger partial charge in [0.05, 0.1) is 6.54 Å². The van der Waals surface area contributed by atoms with E-state index in [0.29, 0.717) is 0 Å². The van der Waals surface area contributed by atoms with Gasteiger partial charge in [0.25, 0.3) is 0 Å². The molecule has 0 aliphatic carbocycles. The van der Waals surface area contributed by atoms with Gasteiger partial charge in [0, 0.05) is 6.08 Å². The Labute approximate surface area is 46.9 Å². The first-order valence-corrected chi connectivity index (χ1v) is 2.12. The molecular weight excluding hydrogens is 110 g/mol. The Balaban J connectivity index is 3.56. The summed E-state index contributed by atoms with van der Waals surface area (Å²) in [6.07, 6.45) is -0.765. The van der Waals surface area contributed by atoms with Crippen LogP contribution in [-0.4, -0.2) is 28.2 Å². The van der Waals surface area contributed by atoms with Crippen molar-refractivity contribution in [2.45, 2.75) is 6.29 Å². The Bertz CT molecular complexity index is 89.3. The third kappa shape index (κ3) is 3.60. The van der Waals surface area contributed by atoms with E-state index in [4.69, 9.17) is 21.1 Å². The first kappa shape index (κ1) is 7.42. The highest BCUT2D eigenvalue weighted by Crippen LogP contribution is 1.85. The lowest BCUT2D eigenvalue weighted by Gasteiger charge is -1.95. The molecule has 4 nitrogen and oxygen atoms in total. The second-order valence-electron chi connectivity index (χ2n) is 1.28. The van der Waals surface area contributed by atoms with E-state index in [0.717, 1.165) is 6.08 Å².